The van der Waals surface area contributed by atoms with Crippen molar-refractivity contribution in [2.75, 3.05) is 17.7 Å². The summed E-state index contributed by atoms with van der Waals surface area (Å²) in [5.41, 5.74) is 1.02. The fraction of sp³-hybridized carbons (Fsp3) is 0.100. The molecule has 0 unspecified atom stereocenters. The van der Waals surface area contributed by atoms with Gasteiger partial charge in [-0.15, -0.1) is 5.10 Å². The van der Waals surface area contributed by atoms with E-state index in [2.05, 4.69) is 20.7 Å². The summed E-state index contributed by atoms with van der Waals surface area (Å²) in [6.45, 7) is -0.227. The van der Waals surface area contributed by atoms with Gasteiger partial charge in [-0.2, -0.15) is 4.98 Å². The van der Waals surface area contributed by atoms with Crippen LogP contribution in [0.15, 0.2) is 71.7 Å². The molecule has 2 heterocycles. The first-order chi connectivity index (χ1) is 14.1. The number of benzene rings is 2. The van der Waals surface area contributed by atoms with Crippen LogP contribution in [0.25, 0.3) is 5.78 Å². The third-order valence-corrected chi connectivity index (χ3v) is 4.17. The molecular formula is C20H18N6O3. The summed E-state index contributed by atoms with van der Waals surface area (Å²) >= 11 is 0. The minimum Gasteiger partial charge on any atom is -0.497 e. The summed E-state index contributed by atoms with van der Waals surface area (Å²) in [5, 5.41) is 10.0. The smallest absolute Gasteiger partial charge is 0.352 e. The molecule has 0 radical (unpaired) electrons. The summed E-state index contributed by atoms with van der Waals surface area (Å²) in [6, 6.07) is 18.1. The van der Waals surface area contributed by atoms with Crippen molar-refractivity contribution < 1.29 is 9.53 Å². The predicted molar refractivity (Wildman–Crippen MR) is 109 cm³/mol. The largest absolute Gasteiger partial charge is 0.497 e. The number of nitrogens with zero attached hydrogens (tertiary/aromatic N) is 4. The van der Waals surface area contributed by atoms with Gasteiger partial charge in [0.05, 0.1) is 7.11 Å². The van der Waals surface area contributed by atoms with E-state index in [4.69, 9.17) is 4.74 Å². The molecule has 0 saturated heterocycles. The van der Waals surface area contributed by atoms with E-state index in [0.717, 1.165) is 10.4 Å². The number of anilines is 3. The van der Waals surface area contributed by atoms with Crippen molar-refractivity contribution in [1.82, 2.24) is 19.2 Å². The third kappa shape index (κ3) is 4.08. The van der Waals surface area contributed by atoms with Gasteiger partial charge in [0.2, 0.25) is 5.91 Å². The predicted octanol–water partition coefficient (Wildman–Crippen LogP) is 2.28. The first-order valence-corrected chi connectivity index (χ1v) is 8.84. The second-order valence-electron chi connectivity index (χ2n) is 6.19. The van der Waals surface area contributed by atoms with Crippen molar-refractivity contribution in [2.45, 2.75) is 6.54 Å². The second-order valence-corrected chi connectivity index (χ2v) is 6.19. The average Bonchev–Trinajstić information content (AvgIpc) is 3.04. The van der Waals surface area contributed by atoms with Crippen LogP contribution >= 0.6 is 0 Å². The number of ether oxygens (including phenoxy) is 1. The number of para-hydroxylation sites is 1. The number of nitrogens with one attached hydrogen (secondary N) is 2. The lowest BCUT2D eigenvalue weighted by atomic mass is 10.3. The van der Waals surface area contributed by atoms with Crippen LogP contribution in [-0.2, 0) is 11.3 Å². The van der Waals surface area contributed by atoms with Gasteiger partial charge in [-0.3, -0.25) is 4.79 Å². The number of rotatable bonds is 6. The van der Waals surface area contributed by atoms with Gasteiger partial charge in [0, 0.05) is 17.6 Å². The van der Waals surface area contributed by atoms with Crippen LogP contribution in [0.3, 0.4) is 0 Å². The van der Waals surface area contributed by atoms with Crippen molar-refractivity contribution in [3.63, 3.8) is 0 Å². The van der Waals surface area contributed by atoms with Crippen LogP contribution in [0.1, 0.15) is 0 Å². The van der Waals surface area contributed by atoms with Crippen molar-refractivity contribution in [3.05, 3.63) is 77.3 Å². The maximum atomic E-state index is 12.5. The number of amides is 1. The lowest BCUT2D eigenvalue weighted by Crippen LogP contribution is -2.28. The van der Waals surface area contributed by atoms with Gasteiger partial charge in [0.15, 0.2) is 0 Å². The highest BCUT2D eigenvalue weighted by atomic mass is 16.5. The Morgan fingerprint density at radius 3 is 2.52 bits per heavy atom. The van der Waals surface area contributed by atoms with E-state index < -0.39 is 5.69 Å². The molecule has 0 spiro atoms. The number of carbonyl (C=O) groups is 1. The summed E-state index contributed by atoms with van der Waals surface area (Å²) < 4.78 is 7.45. The van der Waals surface area contributed by atoms with Crippen molar-refractivity contribution in [3.8, 4) is 5.75 Å². The van der Waals surface area contributed by atoms with Gasteiger partial charge < -0.3 is 15.4 Å². The SMILES string of the molecule is COc1ccc(NC(=O)Cn2nc3nc(Nc4ccccc4)ccn3c2=O)cc1. The number of hydrogen-bond donors (Lipinski definition) is 2. The van der Waals surface area contributed by atoms with Gasteiger partial charge >= 0.3 is 5.69 Å². The molecule has 0 aliphatic heterocycles. The molecular weight excluding hydrogens is 372 g/mol. The van der Waals surface area contributed by atoms with E-state index in [0.29, 0.717) is 17.3 Å². The van der Waals surface area contributed by atoms with Crippen LogP contribution in [0, 0.1) is 0 Å². The molecule has 2 aromatic heterocycles. The number of fused-ring (bicyclic) bond motifs is 1. The molecule has 2 aromatic carbocycles. The molecule has 146 valence electrons. The Bertz CT molecular complexity index is 1200. The average molecular weight is 390 g/mol. The Hall–Kier alpha value is -4.14. The maximum absolute atomic E-state index is 12.5. The van der Waals surface area contributed by atoms with E-state index in [1.165, 1.54) is 4.40 Å². The first-order valence-electron chi connectivity index (χ1n) is 8.84. The van der Waals surface area contributed by atoms with Crippen LogP contribution in [0.4, 0.5) is 17.2 Å². The highest BCUT2D eigenvalue weighted by Gasteiger charge is 2.12. The fourth-order valence-corrected chi connectivity index (χ4v) is 2.76. The van der Waals surface area contributed by atoms with Gasteiger partial charge in [0.25, 0.3) is 5.78 Å². The van der Waals surface area contributed by atoms with Gasteiger partial charge in [-0.05, 0) is 42.5 Å². The fourth-order valence-electron chi connectivity index (χ4n) is 2.76. The zero-order valence-corrected chi connectivity index (χ0v) is 15.6. The molecule has 0 atom stereocenters. The topological polar surface area (TPSA) is 103 Å². The molecule has 0 fully saturated rings. The van der Waals surface area contributed by atoms with E-state index >= 15 is 0 Å². The standard InChI is InChI=1S/C20H18N6O3/c1-29-16-9-7-15(8-10-16)22-18(27)13-26-20(28)25-12-11-17(23-19(25)24-26)21-14-5-3-2-4-6-14/h2-12H,13H2,1H3,(H,22,27)(H,21,23,24). The molecule has 9 nitrogen and oxygen atoms in total. The highest BCUT2D eigenvalue weighted by molar-refractivity contribution is 5.90. The lowest BCUT2D eigenvalue weighted by molar-refractivity contribution is -0.117. The van der Waals surface area contributed by atoms with E-state index in [9.17, 15) is 9.59 Å². The zero-order valence-electron chi connectivity index (χ0n) is 15.6. The van der Waals surface area contributed by atoms with Crippen LogP contribution in [-0.4, -0.2) is 32.2 Å². The number of hydrogen-bond acceptors (Lipinski definition) is 6. The summed E-state index contributed by atoms with van der Waals surface area (Å²) in [7, 11) is 1.57. The van der Waals surface area contributed by atoms with Gasteiger partial charge in [0.1, 0.15) is 18.1 Å². The molecule has 0 saturated carbocycles. The van der Waals surface area contributed by atoms with Crippen LogP contribution in [0.2, 0.25) is 0 Å². The van der Waals surface area contributed by atoms with Crippen LogP contribution < -0.4 is 21.1 Å². The Labute approximate surface area is 165 Å². The van der Waals surface area contributed by atoms with Crippen molar-refractivity contribution >= 4 is 28.9 Å². The maximum Gasteiger partial charge on any atom is 0.352 e. The van der Waals surface area contributed by atoms with E-state index in [-0.39, 0.29) is 18.2 Å². The molecule has 9 heteroatoms. The molecule has 0 aliphatic carbocycles. The minimum absolute atomic E-state index is 0.202. The van der Waals surface area contributed by atoms with E-state index in [1.54, 1.807) is 43.6 Å². The molecule has 2 N–H and O–H groups in total. The Kier molecular flexibility index (Phi) is 4.93. The molecule has 29 heavy (non-hydrogen) atoms. The van der Waals surface area contributed by atoms with E-state index in [1.807, 2.05) is 30.3 Å². The molecule has 4 rings (SSSR count). The normalized spacial score (nSPS) is 10.7. The van der Waals surface area contributed by atoms with Crippen LogP contribution in [0.5, 0.6) is 5.75 Å². The molecule has 4 aromatic rings. The second kappa shape index (κ2) is 7.85. The number of aromatic nitrogens is 4. The van der Waals surface area contributed by atoms with Gasteiger partial charge in [-0.25, -0.2) is 13.9 Å². The minimum atomic E-state index is -0.441. The Morgan fingerprint density at radius 2 is 1.79 bits per heavy atom. The zero-order chi connectivity index (χ0) is 20.2. The Morgan fingerprint density at radius 1 is 1.03 bits per heavy atom. The van der Waals surface area contributed by atoms with Crippen molar-refractivity contribution in [1.29, 1.82) is 0 Å². The number of carbonyl (C=O) groups excluding carboxylic acids is 1. The lowest BCUT2D eigenvalue weighted by Gasteiger charge is -2.05. The Balaban J connectivity index is 1.50. The summed E-state index contributed by atoms with van der Waals surface area (Å²) in [6.07, 6.45) is 1.57. The highest BCUT2D eigenvalue weighted by Crippen LogP contribution is 2.15. The molecule has 0 bridgehead atoms. The monoisotopic (exact) mass is 390 g/mol. The summed E-state index contributed by atoms with van der Waals surface area (Å²) in [4.78, 5) is 29.1. The molecule has 0 aliphatic rings. The van der Waals surface area contributed by atoms with Crippen molar-refractivity contribution in [2.24, 2.45) is 0 Å². The first kappa shape index (κ1) is 18.2. The molecule has 1 amide bonds. The quantitative estimate of drug-likeness (QED) is 0.524. The third-order valence-electron chi connectivity index (χ3n) is 4.17. The summed E-state index contributed by atoms with van der Waals surface area (Å²) in [5.74, 6) is 1.06. The van der Waals surface area contributed by atoms with Gasteiger partial charge in [-0.1, -0.05) is 18.2 Å². The number of methoxy groups -OCH3 is 1.